The first kappa shape index (κ1) is 16.3. The zero-order chi connectivity index (χ0) is 16.2. The molecule has 0 bridgehead atoms. The van der Waals surface area contributed by atoms with Crippen molar-refractivity contribution in [2.45, 2.75) is 19.4 Å². The Morgan fingerprint density at radius 3 is 2.74 bits per heavy atom. The van der Waals surface area contributed by atoms with Crippen LogP contribution in [0.25, 0.3) is 10.1 Å². The molecule has 0 spiro atoms. The van der Waals surface area contributed by atoms with Gasteiger partial charge < -0.3 is 10.1 Å². The number of fused-ring (bicyclic) bond motifs is 1. The second kappa shape index (κ2) is 7.31. The van der Waals surface area contributed by atoms with E-state index in [0.29, 0.717) is 5.75 Å². The standard InChI is InChI=1S/C18H16INO2S/c1-12(10-13-11-23-17-5-3-2-4-16(13)17)20-18(21)22-15-8-6-14(19)7-9-15/h2-9,11-12H,10H2,1H3,(H,20,21). The molecule has 0 saturated carbocycles. The number of hydrogen-bond acceptors (Lipinski definition) is 3. The van der Waals surface area contributed by atoms with E-state index < -0.39 is 6.09 Å². The summed E-state index contributed by atoms with van der Waals surface area (Å²) in [4.78, 5) is 12.0. The molecule has 3 nitrogen and oxygen atoms in total. The predicted molar refractivity (Wildman–Crippen MR) is 103 cm³/mol. The third-order valence-corrected chi connectivity index (χ3v) is 5.21. The van der Waals surface area contributed by atoms with Gasteiger partial charge in [-0.25, -0.2) is 4.79 Å². The largest absolute Gasteiger partial charge is 0.412 e. The average Bonchev–Trinajstić information content (AvgIpc) is 2.93. The molecule has 1 amide bonds. The maximum atomic E-state index is 12.0. The Bertz CT molecular complexity index is 813. The van der Waals surface area contributed by atoms with Crippen molar-refractivity contribution in [2.75, 3.05) is 0 Å². The zero-order valence-electron chi connectivity index (χ0n) is 12.6. The quantitative estimate of drug-likeness (QED) is 0.568. The lowest BCUT2D eigenvalue weighted by atomic mass is 10.1. The summed E-state index contributed by atoms with van der Waals surface area (Å²) >= 11 is 3.95. The van der Waals surface area contributed by atoms with Crippen LogP contribution in [0.4, 0.5) is 4.79 Å². The van der Waals surface area contributed by atoms with E-state index >= 15 is 0 Å². The number of benzene rings is 2. The van der Waals surface area contributed by atoms with E-state index in [9.17, 15) is 4.79 Å². The Morgan fingerprint density at radius 2 is 1.96 bits per heavy atom. The highest BCUT2D eigenvalue weighted by atomic mass is 127. The average molecular weight is 437 g/mol. The minimum absolute atomic E-state index is 0.00403. The van der Waals surface area contributed by atoms with Gasteiger partial charge in [0.25, 0.3) is 0 Å². The van der Waals surface area contributed by atoms with Gasteiger partial charge in [0, 0.05) is 14.3 Å². The van der Waals surface area contributed by atoms with E-state index in [4.69, 9.17) is 4.74 Å². The van der Waals surface area contributed by atoms with Crippen molar-refractivity contribution in [3.8, 4) is 5.75 Å². The molecule has 0 saturated heterocycles. The molecular formula is C18H16INO2S. The van der Waals surface area contributed by atoms with Crippen molar-refractivity contribution in [3.63, 3.8) is 0 Å². The normalized spacial score (nSPS) is 12.1. The van der Waals surface area contributed by atoms with Gasteiger partial charge in [-0.15, -0.1) is 11.3 Å². The van der Waals surface area contributed by atoms with E-state index in [1.165, 1.54) is 15.6 Å². The third-order valence-electron chi connectivity index (χ3n) is 3.48. The number of thiophene rings is 1. The predicted octanol–water partition coefficient (Wildman–Crippen LogP) is 5.23. The summed E-state index contributed by atoms with van der Waals surface area (Å²) in [5, 5.41) is 6.31. The van der Waals surface area contributed by atoms with Crippen LogP contribution in [0.15, 0.2) is 53.9 Å². The molecule has 1 aromatic heterocycles. The number of carbonyl (C=O) groups excluding carboxylic acids is 1. The lowest BCUT2D eigenvalue weighted by molar-refractivity contribution is 0.197. The van der Waals surface area contributed by atoms with Crippen LogP contribution in [-0.2, 0) is 6.42 Å². The maximum Gasteiger partial charge on any atom is 0.412 e. The van der Waals surface area contributed by atoms with Crippen LogP contribution in [-0.4, -0.2) is 12.1 Å². The van der Waals surface area contributed by atoms with Gasteiger partial charge in [-0.3, -0.25) is 0 Å². The van der Waals surface area contributed by atoms with Gasteiger partial charge in [0.05, 0.1) is 0 Å². The van der Waals surface area contributed by atoms with Crippen LogP contribution in [0.5, 0.6) is 5.75 Å². The van der Waals surface area contributed by atoms with Crippen LogP contribution in [0.2, 0.25) is 0 Å². The maximum absolute atomic E-state index is 12.0. The molecular weight excluding hydrogens is 421 g/mol. The summed E-state index contributed by atoms with van der Waals surface area (Å²) in [6.45, 7) is 1.99. The third kappa shape index (κ3) is 4.23. The van der Waals surface area contributed by atoms with Crippen molar-refractivity contribution < 1.29 is 9.53 Å². The summed E-state index contributed by atoms with van der Waals surface area (Å²) < 4.78 is 7.67. The SMILES string of the molecule is CC(Cc1csc2ccccc12)NC(=O)Oc1ccc(I)cc1. The highest BCUT2D eigenvalue weighted by Crippen LogP contribution is 2.26. The molecule has 5 heteroatoms. The van der Waals surface area contributed by atoms with Crippen molar-refractivity contribution in [1.82, 2.24) is 5.32 Å². The fraction of sp³-hybridized carbons (Fsp3) is 0.167. The number of ether oxygens (including phenoxy) is 1. The van der Waals surface area contributed by atoms with Crippen LogP contribution in [0.3, 0.4) is 0 Å². The molecule has 2 aromatic carbocycles. The Kier molecular flexibility index (Phi) is 5.17. The Labute approximate surface area is 152 Å². The van der Waals surface area contributed by atoms with Gasteiger partial charge >= 0.3 is 6.09 Å². The van der Waals surface area contributed by atoms with Gasteiger partial charge in [0.2, 0.25) is 0 Å². The molecule has 3 rings (SSSR count). The summed E-state index contributed by atoms with van der Waals surface area (Å²) in [7, 11) is 0. The van der Waals surface area contributed by atoms with Crippen molar-refractivity contribution in [2.24, 2.45) is 0 Å². The number of hydrogen-bond donors (Lipinski definition) is 1. The molecule has 0 aliphatic carbocycles. The van der Waals surface area contributed by atoms with E-state index in [1.807, 2.05) is 31.2 Å². The lowest BCUT2D eigenvalue weighted by Crippen LogP contribution is -2.36. The summed E-state index contributed by atoms with van der Waals surface area (Å²) in [5.74, 6) is 0.552. The monoisotopic (exact) mass is 437 g/mol. The highest BCUT2D eigenvalue weighted by Gasteiger charge is 2.12. The number of amides is 1. The molecule has 0 radical (unpaired) electrons. The molecule has 1 unspecified atom stereocenters. The van der Waals surface area contributed by atoms with E-state index in [2.05, 4.69) is 45.4 Å². The smallest absolute Gasteiger partial charge is 0.410 e. The van der Waals surface area contributed by atoms with Gasteiger partial charge in [0.1, 0.15) is 5.75 Å². The van der Waals surface area contributed by atoms with Crippen LogP contribution >= 0.6 is 33.9 Å². The fourth-order valence-corrected chi connectivity index (χ4v) is 3.75. The number of halogens is 1. The summed E-state index contributed by atoms with van der Waals surface area (Å²) in [5.41, 5.74) is 1.26. The van der Waals surface area contributed by atoms with E-state index in [-0.39, 0.29) is 6.04 Å². The van der Waals surface area contributed by atoms with Gasteiger partial charge in [0.15, 0.2) is 0 Å². The molecule has 1 N–H and O–H groups in total. The first-order valence-electron chi connectivity index (χ1n) is 7.31. The number of nitrogens with one attached hydrogen (secondary N) is 1. The number of rotatable bonds is 4. The van der Waals surface area contributed by atoms with Crippen molar-refractivity contribution in [1.29, 1.82) is 0 Å². The van der Waals surface area contributed by atoms with Crippen LogP contribution in [0, 0.1) is 3.57 Å². The first-order chi connectivity index (χ1) is 11.1. The molecule has 0 aliphatic rings. The molecule has 118 valence electrons. The molecule has 0 aliphatic heterocycles. The first-order valence-corrected chi connectivity index (χ1v) is 9.26. The van der Waals surface area contributed by atoms with Crippen molar-refractivity contribution in [3.05, 3.63) is 63.0 Å². The van der Waals surface area contributed by atoms with E-state index in [1.54, 1.807) is 23.5 Å². The second-order valence-electron chi connectivity index (χ2n) is 5.35. The van der Waals surface area contributed by atoms with Gasteiger partial charge in [-0.05, 0) is 82.6 Å². The zero-order valence-corrected chi connectivity index (χ0v) is 15.6. The highest BCUT2D eigenvalue weighted by molar-refractivity contribution is 14.1. The minimum atomic E-state index is -0.418. The van der Waals surface area contributed by atoms with Crippen LogP contribution < -0.4 is 10.1 Å². The Morgan fingerprint density at radius 1 is 1.22 bits per heavy atom. The van der Waals surface area contributed by atoms with Gasteiger partial charge in [-0.1, -0.05) is 18.2 Å². The Balaban J connectivity index is 1.59. The topological polar surface area (TPSA) is 38.3 Å². The molecule has 0 fully saturated rings. The lowest BCUT2D eigenvalue weighted by Gasteiger charge is -2.13. The number of carbonyl (C=O) groups is 1. The molecule has 23 heavy (non-hydrogen) atoms. The second-order valence-corrected chi connectivity index (χ2v) is 7.51. The molecule has 3 aromatic rings. The molecule has 1 heterocycles. The summed E-state index contributed by atoms with van der Waals surface area (Å²) in [6.07, 6.45) is 0.365. The Hall–Kier alpha value is -1.60. The van der Waals surface area contributed by atoms with Crippen molar-refractivity contribution >= 4 is 50.1 Å². The minimum Gasteiger partial charge on any atom is -0.410 e. The van der Waals surface area contributed by atoms with Crippen LogP contribution in [0.1, 0.15) is 12.5 Å². The fourth-order valence-electron chi connectivity index (χ4n) is 2.41. The summed E-state index contributed by atoms with van der Waals surface area (Å²) in [6, 6.07) is 15.7. The van der Waals surface area contributed by atoms with E-state index in [0.717, 1.165) is 9.99 Å². The van der Waals surface area contributed by atoms with Gasteiger partial charge in [-0.2, -0.15) is 0 Å². The molecule has 1 atom stereocenters.